The number of sulfonamides is 1. The van der Waals surface area contributed by atoms with Crippen molar-refractivity contribution < 1.29 is 18.3 Å². The Morgan fingerprint density at radius 1 is 1.43 bits per heavy atom. The van der Waals surface area contributed by atoms with Crippen LogP contribution in [0.4, 0.5) is 0 Å². The number of carboxylic acid groups (broad SMARTS) is 1. The number of aromatic nitrogens is 2. The van der Waals surface area contributed by atoms with E-state index in [-0.39, 0.29) is 16.3 Å². The molecule has 0 saturated heterocycles. The largest absolute Gasteiger partial charge is 0.480 e. The molecule has 21 heavy (non-hydrogen) atoms. The minimum absolute atomic E-state index is 0.0525. The fourth-order valence-electron chi connectivity index (χ4n) is 1.87. The van der Waals surface area contributed by atoms with Gasteiger partial charge in [0.15, 0.2) is 0 Å². The zero-order chi connectivity index (χ0) is 15.6. The normalized spacial score (nSPS) is 15.0. The summed E-state index contributed by atoms with van der Waals surface area (Å²) >= 11 is 0.911. The number of rotatable bonds is 6. The van der Waals surface area contributed by atoms with Gasteiger partial charge in [-0.2, -0.15) is 13.5 Å². The van der Waals surface area contributed by atoms with Crippen molar-refractivity contribution >= 4 is 38.8 Å². The van der Waals surface area contributed by atoms with Crippen LogP contribution in [-0.4, -0.2) is 34.3 Å². The molecule has 0 aliphatic carbocycles. The van der Waals surface area contributed by atoms with E-state index in [1.807, 2.05) is 0 Å². The van der Waals surface area contributed by atoms with Gasteiger partial charge >= 0.3 is 5.97 Å². The molecule has 2 N–H and O–H groups in total. The molecule has 1 heterocycles. The molecule has 0 saturated carbocycles. The average molecular weight is 329 g/mol. The Balaban J connectivity index is 2.42. The Kier molecular flexibility index (Phi) is 4.55. The molecule has 0 fully saturated rings. The SMILES string of the molecule is CC[C@@H](C)[C@@H](NS(=O)(=O)c1cccc2nsnc12)C(=O)O. The van der Waals surface area contributed by atoms with E-state index in [9.17, 15) is 18.3 Å². The molecule has 2 rings (SSSR count). The van der Waals surface area contributed by atoms with E-state index in [2.05, 4.69) is 13.5 Å². The standard InChI is InChI=1S/C12H15N3O4S2/c1-3-7(2)10(12(16)17)15-21(18,19)9-6-4-5-8-11(9)14-20-13-8/h4-7,10,15H,3H2,1-2H3,(H,16,17)/t7-,10-/m1/s1. The first-order chi connectivity index (χ1) is 9.86. The molecule has 0 bridgehead atoms. The number of hydrogen-bond donors (Lipinski definition) is 2. The Bertz CT molecular complexity index is 757. The number of fused-ring (bicyclic) bond motifs is 1. The summed E-state index contributed by atoms with van der Waals surface area (Å²) in [6, 6.07) is 3.42. The Morgan fingerprint density at radius 3 is 2.76 bits per heavy atom. The predicted octanol–water partition coefficient (Wildman–Crippen LogP) is 1.47. The summed E-state index contributed by atoms with van der Waals surface area (Å²) in [7, 11) is -3.98. The summed E-state index contributed by atoms with van der Waals surface area (Å²) in [6.45, 7) is 3.49. The van der Waals surface area contributed by atoms with Crippen LogP contribution in [0.1, 0.15) is 20.3 Å². The second-order valence-electron chi connectivity index (χ2n) is 4.71. The number of benzene rings is 1. The van der Waals surface area contributed by atoms with Gasteiger partial charge in [-0.3, -0.25) is 4.79 Å². The van der Waals surface area contributed by atoms with E-state index in [1.54, 1.807) is 26.0 Å². The zero-order valence-electron chi connectivity index (χ0n) is 11.5. The van der Waals surface area contributed by atoms with E-state index >= 15 is 0 Å². The van der Waals surface area contributed by atoms with Gasteiger partial charge in [0, 0.05) is 0 Å². The van der Waals surface area contributed by atoms with Gasteiger partial charge in [-0.25, -0.2) is 8.42 Å². The summed E-state index contributed by atoms with van der Waals surface area (Å²) in [6.07, 6.45) is 0.544. The summed E-state index contributed by atoms with van der Waals surface area (Å²) in [5, 5.41) is 9.21. The van der Waals surface area contributed by atoms with Crippen LogP contribution >= 0.6 is 11.7 Å². The second-order valence-corrected chi connectivity index (χ2v) is 6.92. The van der Waals surface area contributed by atoms with Gasteiger partial charge in [0.1, 0.15) is 22.0 Å². The summed E-state index contributed by atoms with van der Waals surface area (Å²) in [5.41, 5.74) is 0.724. The predicted molar refractivity (Wildman–Crippen MR) is 78.6 cm³/mol. The van der Waals surface area contributed by atoms with Crippen molar-refractivity contribution in [3.63, 3.8) is 0 Å². The molecule has 1 aromatic carbocycles. The molecule has 9 heteroatoms. The lowest BCUT2D eigenvalue weighted by Gasteiger charge is -2.20. The molecule has 0 spiro atoms. The van der Waals surface area contributed by atoms with Gasteiger partial charge in [-0.1, -0.05) is 26.3 Å². The maximum atomic E-state index is 12.4. The van der Waals surface area contributed by atoms with E-state index in [0.29, 0.717) is 11.9 Å². The summed E-state index contributed by atoms with van der Waals surface area (Å²) in [5.74, 6) is -1.53. The number of carboxylic acids is 1. The minimum Gasteiger partial charge on any atom is -0.480 e. The fraction of sp³-hybridized carbons (Fsp3) is 0.417. The highest BCUT2D eigenvalue weighted by Gasteiger charge is 2.30. The molecule has 0 amide bonds. The van der Waals surface area contributed by atoms with Crippen LogP contribution < -0.4 is 4.72 Å². The Labute approximate surface area is 126 Å². The van der Waals surface area contributed by atoms with Crippen LogP contribution in [0.5, 0.6) is 0 Å². The number of hydrogen-bond acceptors (Lipinski definition) is 6. The van der Waals surface area contributed by atoms with Gasteiger partial charge in [0.2, 0.25) is 10.0 Å². The molecule has 0 unspecified atom stereocenters. The van der Waals surface area contributed by atoms with Crippen LogP contribution in [0.15, 0.2) is 23.1 Å². The first kappa shape index (κ1) is 15.8. The molecule has 0 aliphatic rings. The van der Waals surface area contributed by atoms with Gasteiger partial charge in [0.25, 0.3) is 0 Å². The lowest BCUT2D eigenvalue weighted by Crippen LogP contribution is -2.44. The number of aliphatic carboxylic acids is 1. The van der Waals surface area contributed by atoms with E-state index in [4.69, 9.17) is 0 Å². The molecule has 7 nitrogen and oxygen atoms in total. The van der Waals surface area contributed by atoms with Crippen LogP contribution in [0.2, 0.25) is 0 Å². The van der Waals surface area contributed by atoms with Crippen molar-refractivity contribution in [1.82, 2.24) is 13.5 Å². The second kappa shape index (κ2) is 6.04. The highest BCUT2D eigenvalue weighted by molar-refractivity contribution is 7.89. The van der Waals surface area contributed by atoms with E-state index in [1.165, 1.54) is 6.07 Å². The monoisotopic (exact) mass is 329 g/mol. The van der Waals surface area contributed by atoms with Crippen LogP contribution in [-0.2, 0) is 14.8 Å². The highest BCUT2D eigenvalue weighted by Crippen LogP contribution is 2.22. The van der Waals surface area contributed by atoms with Crippen LogP contribution in [0.3, 0.4) is 0 Å². The topological polar surface area (TPSA) is 109 Å². The third kappa shape index (κ3) is 3.20. The zero-order valence-corrected chi connectivity index (χ0v) is 13.1. The van der Waals surface area contributed by atoms with Gasteiger partial charge in [0.05, 0.1) is 11.7 Å². The van der Waals surface area contributed by atoms with Gasteiger partial charge in [-0.05, 0) is 18.1 Å². The first-order valence-electron chi connectivity index (χ1n) is 6.33. The lowest BCUT2D eigenvalue weighted by atomic mass is 10.0. The van der Waals surface area contributed by atoms with Crippen molar-refractivity contribution in [3.8, 4) is 0 Å². The lowest BCUT2D eigenvalue weighted by molar-refractivity contribution is -0.140. The van der Waals surface area contributed by atoms with Crippen molar-refractivity contribution in [1.29, 1.82) is 0 Å². The van der Waals surface area contributed by atoms with Crippen LogP contribution in [0, 0.1) is 5.92 Å². The molecule has 114 valence electrons. The molecule has 2 aromatic rings. The summed E-state index contributed by atoms with van der Waals surface area (Å²) in [4.78, 5) is 11.2. The maximum absolute atomic E-state index is 12.4. The molecule has 0 radical (unpaired) electrons. The molecular weight excluding hydrogens is 314 g/mol. The van der Waals surface area contributed by atoms with Gasteiger partial charge < -0.3 is 5.11 Å². The van der Waals surface area contributed by atoms with Crippen molar-refractivity contribution in [2.24, 2.45) is 5.92 Å². The Morgan fingerprint density at radius 2 is 2.14 bits per heavy atom. The maximum Gasteiger partial charge on any atom is 0.322 e. The van der Waals surface area contributed by atoms with Crippen molar-refractivity contribution in [2.45, 2.75) is 31.2 Å². The van der Waals surface area contributed by atoms with E-state index in [0.717, 1.165) is 11.7 Å². The molecular formula is C12H15N3O4S2. The smallest absolute Gasteiger partial charge is 0.322 e. The fourth-order valence-corrected chi connectivity index (χ4v) is 3.94. The van der Waals surface area contributed by atoms with Crippen molar-refractivity contribution in [2.75, 3.05) is 0 Å². The Hall–Kier alpha value is -1.58. The molecule has 2 atom stereocenters. The molecule has 0 aliphatic heterocycles. The highest BCUT2D eigenvalue weighted by atomic mass is 32.2. The third-order valence-corrected chi connectivity index (χ3v) is 5.31. The molecule has 1 aromatic heterocycles. The minimum atomic E-state index is -3.98. The van der Waals surface area contributed by atoms with Crippen LogP contribution in [0.25, 0.3) is 11.0 Å². The first-order valence-corrected chi connectivity index (χ1v) is 8.54. The number of nitrogens with one attached hydrogen (secondary N) is 1. The van der Waals surface area contributed by atoms with Crippen molar-refractivity contribution in [3.05, 3.63) is 18.2 Å². The quantitative estimate of drug-likeness (QED) is 0.830. The van der Waals surface area contributed by atoms with Gasteiger partial charge in [-0.15, -0.1) is 0 Å². The third-order valence-electron chi connectivity index (χ3n) is 3.30. The number of carbonyl (C=O) groups is 1. The van der Waals surface area contributed by atoms with E-state index < -0.39 is 22.0 Å². The average Bonchev–Trinajstić information content (AvgIpc) is 2.91. The number of nitrogens with zero attached hydrogens (tertiary/aromatic N) is 2. The summed E-state index contributed by atoms with van der Waals surface area (Å²) < 4.78 is 35.1.